The van der Waals surface area contributed by atoms with E-state index in [9.17, 15) is 23.6 Å². The number of imide groups is 1. The molecule has 3 rings (SSSR count). The minimum Gasteiger partial charge on any atom is -0.451 e. The van der Waals surface area contributed by atoms with E-state index in [4.69, 9.17) is 4.74 Å². The van der Waals surface area contributed by atoms with Gasteiger partial charge < -0.3 is 15.4 Å². The quantitative estimate of drug-likeness (QED) is 0.541. The first-order chi connectivity index (χ1) is 14.2. The van der Waals surface area contributed by atoms with Crippen molar-refractivity contribution in [3.05, 3.63) is 35.6 Å². The third kappa shape index (κ3) is 4.44. The van der Waals surface area contributed by atoms with Gasteiger partial charge >= 0.3 is 12.0 Å². The van der Waals surface area contributed by atoms with Gasteiger partial charge in [-0.15, -0.1) is 0 Å². The Balaban J connectivity index is 1.51. The van der Waals surface area contributed by atoms with Crippen LogP contribution in [-0.4, -0.2) is 46.9 Å². The Kier molecular flexibility index (Phi) is 6.38. The summed E-state index contributed by atoms with van der Waals surface area (Å²) in [5.41, 5.74) is -0.261. The maximum atomic E-state index is 12.9. The summed E-state index contributed by atoms with van der Waals surface area (Å²) in [5, 5.41) is 5.36. The van der Waals surface area contributed by atoms with Gasteiger partial charge in [0.15, 0.2) is 6.10 Å². The SMILES string of the molecule is C[C@H](OC(=O)CN1C(=O)N[C@]2(CCCC[C@H]2C)C1=O)C(=O)NCc1ccc(F)cc1. The molecule has 2 fully saturated rings. The van der Waals surface area contributed by atoms with E-state index in [-0.39, 0.29) is 18.3 Å². The monoisotopic (exact) mass is 419 g/mol. The minimum absolute atomic E-state index is 0.0140. The van der Waals surface area contributed by atoms with Crippen molar-refractivity contribution in [3.63, 3.8) is 0 Å². The number of amides is 4. The number of nitrogens with one attached hydrogen (secondary N) is 2. The number of urea groups is 1. The molecule has 30 heavy (non-hydrogen) atoms. The molecule has 4 amide bonds. The highest BCUT2D eigenvalue weighted by Gasteiger charge is 2.55. The van der Waals surface area contributed by atoms with Gasteiger partial charge in [0.05, 0.1) is 0 Å². The third-order valence-corrected chi connectivity index (χ3v) is 5.85. The second-order valence-electron chi connectivity index (χ2n) is 7.92. The average Bonchev–Trinajstić information content (AvgIpc) is 2.94. The summed E-state index contributed by atoms with van der Waals surface area (Å²) in [6, 6.07) is 5.02. The van der Waals surface area contributed by atoms with Gasteiger partial charge in [-0.1, -0.05) is 31.9 Å². The molecule has 8 nitrogen and oxygen atoms in total. The Hall–Kier alpha value is -2.97. The molecule has 0 unspecified atom stereocenters. The number of nitrogens with zero attached hydrogens (tertiary/aromatic N) is 1. The van der Waals surface area contributed by atoms with Crippen molar-refractivity contribution in [2.75, 3.05) is 6.54 Å². The molecule has 2 N–H and O–H groups in total. The van der Waals surface area contributed by atoms with Crippen LogP contribution in [0.5, 0.6) is 0 Å². The summed E-state index contributed by atoms with van der Waals surface area (Å²) in [6.07, 6.45) is 2.10. The first-order valence-electron chi connectivity index (χ1n) is 10.1. The van der Waals surface area contributed by atoms with Crippen molar-refractivity contribution < 1.29 is 28.3 Å². The number of ether oxygens (including phenoxy) is 1. The lowest BCUT2D eigenvalue weighted by Crippen LogP contribution is -2.54. The molecule has 0 aromatic heterocycles. The first-order valence-corrected chi connectivity index (χ1v) is 10.1. The van der Waals surface area contributed by atoms with E-state index in [1.54, 1.807) is 0 Å². The lowest BCUT2D eigenvalue weighted by molar-refractivity contribution is -0.157. The van der Waals surface area contributed by atoms with E-state index in [1.165, 1.54) is 31.2 Å². The fraction of sp³-hybridized carbons (Fsp3) is 0.524. The maximum absolute atomic E-state index is 12.9. The van der Waals surface area contributed by atoms with E-state index < -0.39 is 42.0 Å². The molecule has 1 heterocycles. The van der Waals surface area contributed by atoms with Crippen molar-refractivity contribution >= 4 is 23.8 Å². The van der Waals surface area contributed by atoms with E-state index in [2.05, 4.69) is 10.6 Å². The van der Waals surface area contributed by atoms with Gasteiger partial charge in [0.1, 0.15) is 17.9 Å². The topological polar surface area (TPSA) is 105 Å². The fourth-order valence-electron chi connectivity index (χ4n) is 3.99. The summed E-state index contributed by atoms with van der Waals surface area (Å²) >= 11 is 0. The van der Waals surface area contributed by atoms with Crippen molar-refractivity contribution in [2.45, 2.75) is 57.7 Å². The number of benzene rings is 1. The molecule has 3 atom stereocenters. The number of esters is 1. The summed E-state index contributed by atoms with van der Waals surface area (Å²) in [4.78, 5) is 50.5. The number of rotatable bonds is 6. The molecule has 1 aromatic rings. The summed E-state index contributed by atoms with van der Waals surface area (Å²) in [7, 11) is 0. The molecular weight excluding hydrogens is 393 g/mol. The van der Waals surface area contributed by atoms with Gasteiger partial charge in [0.2, 0.25) is 0 Å². The van der Waals surface area contributed by atoms with Crippen LogP contribution in [0, 0.1) is 11.7 Å². The lowest BCUT2D eigenvalue weighted by Gasteiger charge is -2.36. The Bertz CT molecular complexity index is 844. The number of hydrogen-bond acceptors (Lipinski definition) is 5. The van der Waals surface area contributed by atoms with Crippen LogP contribution in [0.3, 0.4) is 0 Å². The van der Waals surface area contributed by atoms with Gasteiger partial charge in [0.25, 0.3) is 11.8 Å². The van der Waals surface area contributed by atoms with Crippen LogP contribution in [0.1, 0.15) is 45.1 Å². The summed E-state index contributed by atoms with van der Waals surface area (Å²) in [6.45, 7) is 2.92. The highest BCUT2D eigenvalue weighted by molar-refractivity contribution is 6.09. The van der Waals surface area contributed by atoms with Crippen LogP contribution < -0.4 is 10.6 Å². The molecule has 1 spiro atoms. The average molecular weight is 419 g/mol. The largest absolute Gasteiger partial charge is 0.451 e. The van der Waals surface area contributed by atoms with Gasteiger partial charge in [-0.3, -0.25) is 19.3 Å². The van der Waals surface area contributed by atoms with Crippen molar-refractivity contribution in [1.82, 2.24) is 15.5 Å². The van der Waals surface area contributed by atoms with Crippen molar-refractivity contribution in [2.24, 2.45) is 5.92 Å². The highest BCUT2D eigenvalue weighted by atomic mass is 19.1. The summed E-state index contributed by atoms with van der Waals surface area (Å²) in [5.74, 6) is -2.19. The lowest BCUT2D eigenvalue weighted by atomic mass is 9.73. The van der Waals surface area contributed by atoms with E-state index in [1.807, 2.05) is 6.92 Å². The van der Waals surface area contributed by atoms with Crippen molar-refractivity contribution in [3.8, 4) is 0 Å². The van der Waals surface area contributed by atoms with Gasteiger partial charge in [-0.05, 0) is 43.4 Å². The standard InChI is InChI=1S/C21H26FN3O5/c1-13-5-3-4-10-21(13)19(28)25(20(29)24-21)12-17(26)30-14(2)18(27)23-11-15-6-8-16(22)9-7-15/h6-9,13-14H,3-5,10-12H2,1-2H3,(H,23,27)(H,24,29)/t13-,14+,21+/m1/s1. The smallest absolute Gasteiger partial charge is 0.327 e. The molecule has 1 aliphatic carbocycles. The van der Waals surface area contributed by atoms with E-state index in [0.29, 0.717) is 12.0 Å². The zero-order valence-corrected chi connectivity index (χ0v) is 17.1. The molecule has 9 heteroatoms. The molecule has 0 radical (unpaired) electrons. The Morgan fingerprint density at radius 2 is 2.00 bits per heavy atom. The molecule has 1 aliphatic heterocycles. The molecular formula is C21H26FN3O5. The zero-order chi connectivity index (χ0) is 21.9. The Morgan fingerprint density at radius 3 is 2.67 bits per heavy atom. The Morgan fingerprint density at radius 1 is 1.30 bits per heavy atom. The van der Waals surface area contributed by atoms with Crippen LogP contribution in [0.2, 0.25) is 0 Å². The third-order valence-electron chi connectivity index (χ3n) is 5.85. The molecule has 2 aliphatic rings. The predicted octanol–water partition coefficient (Wildman–Crippen LogP) is 1.87. The first kappa shape index (κ1) is 21.7. The van der Waals surface area contributed by atoms with Crippen LogP contribution >= 0.6 is 0 Å². The molecule has 1 aromatic carbocycles. The zero-order valence-electron chi connectivity index (χ0n) is 17.1. The Labute approximate surface area is 174 Å². The molecule has 1 saturated heterocycles. The molecule has 162 valence electrons. The van der Waals surface area contributed by atoms with E-state index in [0.717, 1.165) is 24.2 Å². The van der Waals surface area contributed by atoms with Gasteiger partial charge in [-0.25, -0.2) is 9.18 Å². The second kappa shape index (κ2) is 8.81. The number of carbonyl (C=O) groups excluding carboxylic acids is 4. The molecule has 0 bridgehead atoms. The fourth-order valence-corrected chi connectivity index (χ4v) is 3.99. The van der Waals surface area contributed by atoms with E-state index >= 15 is 0 Å². The second-order valence-corrected chi connectivity index (χ2v) is 7.92. The van der Waals surface area contributed by atoms with Gasteiger partial charge in [-0.2, -0.15) is 0 Å². The number of halogens is 1. The van der Waals surface area contributed by atoms with Crippen LogP contribution in [0.25, 0.3) is 0 Å². The maximum Gasteiger partial charge on any atom is 0.327 e. The number of carbonyl (C=O) groups is 4. The van der Waals surface area contributed by atoms with Gasteiger partial charge in [0, 0.05) is 6.54 Å². The van der Waals surface area contributed by atoms with Crippen LogP contribution in [0.15, 0.2) is 24.3 Å². The minimum atomic E-state index is -1.11. The predicted molar refractivity (Wildman–Crippen MR) is 104 cm³/mol. The molecule has 1 saturated carbocycles. The number of hydrogen-bond donors (Lipinski definition) is 2. The van der Waals surface area contributed by atoms with Crippen LogP contribution in [-0.2, 0) is 25.7 Å². The summed E-state index contributed by atoms with van der Waals surface area (Å²) < 4.78 is 18.0. The van der Waals surface area contributed by atoms with Crippen LogP contribution in [0.4, 0.5) is 9.18 Å². The van der Waals surface area contributed by atoms with Crippen molar-refractivity contribution in [1.29, 1.82) is 0 Å². The highest BCUT2D eigenvalue weighted by Crippen LogP contribution is 2.38. The normalized spacial score (nSPS) is 24.5.